The van der Waals surface area contributed by atoms with Crippen molar-refractivity contribution in [2.45, 2.75) is 63.8 Å². The number of rotatable bonds is 7. The average Bonchev–Trinajstić information content (AvgIpc) is 3.32. The van der Waals surface area contributed by atoms with Gasteiger partial charge in [-0.1, -0.05) is 41.4 Å². The summed E-state index contributed by atoms with van der Waals surface area (Å²) in [7, 11) is 1.30. The molecule has 2 aromatic rings. The summed E-state index contributed by atoms with van der Waals surface area (Å²) in [5.41, 5.74) is -0.111. The lowest BCUT2D eigenvalue weighted by Crippen LogP contribution is -2.75. The van der Waals surface area contributed by atoms with Crippen LogP contribution in [0, 0.1) is 0 Å². The molecule has 2 aromatic carbocycles. The van der Waals surface area contributed by atoms with Crippen molar-refractivity contribution in [1.29, 1.82) is 0 Å². The summed E-state index contributed by atoms with van der Waals surface area (Å²) in [6, 6.07) is 11.7. The van der Waals surface area contributed by atoms with Gasteiger partial charge in [-0.05, 0) is 63.4 Å². The number of esters is 1. The van der Waals surface area contributed by atoms with E-state index in [4.69, 9.17) is 37.4 Å². The maximum Gasteiger partial charge on any atom is 0.411 e. The number of hydrogen-bond donors (Lipinski definition) is 0. The molecule has 2 aliphatic rings. The predicted octanol–water partition coefficient (Wildman–Crippen LogP) is 5.27. The van der Waals surface area contributed by atoms with Crippen molar-refractivity contribution < 1.29 is 28.6 Å². The van der Waals surface area contributed by atoms with E-state index < -0.39 is 29.2 Å². The molecule has 2 saturated heterocycles. The van der Waals surface area contributed by atoms with Gasteiger partial charge < -0.3 is 19.1 Å². The molecule has 8 nitrogen and oxygen atoms in total. The second-order valence-electron chi connectivity index (χ2n) is 10.6. The van der Waals surface area contributed by atoms with Gasteiger partial charge in [0.05, 0.1) is 13.7 Å². The molecule has 2 amide bonds. The van der Waals surface area contributed by atoms with E-state index in [1.165, 1.54) is 16.9 Å². The standard InChI is InChI=1S/C28H32Cl2N2O6/c1-27(2,3)38-26(35)32-14-6-13-28(32)17-31(25(28)34)23(24(33)36-4)15-18-9-11-19(12-10-18)37-16-20-21(29)7-5-8-22(20)30/h5,7-12,23H,6,13-17H2,1-4H3/t23-,28+/m0/s1. The maximum absolute atomic E-state index is 13.5. The Labute approximate surface area is 232 Å². The number of hydrogen-bond acceptors (Lipinski definition) is 6. The largest absolute Gasteiger partial charge is 0.489 e. The fourth-order valence-corrected chi connectivity index (χ4v) is 5.43. The molecule has 2 aliphatic heterocycles. The van der Waals surface area contributed by atoms with Crippen molar-refractivity contribution in [3.05, 3.63) is 63.6 Å². The Hall–Kier alpha value is -2.97. The number of carbonyl (C=O) groups is 3. The number of likely N-dealkylation sites (tertiary alicyclic amines) is 2. The highest BCUT2D eigenvalue weighted by atomic mass is 35.5. The summed E-state index contributed by atoms with van der Waals surface area (Å²) in [5, 5.41) is 1.05. The first-order valence-corrected chi connectivity index (χ1v) is 13.2. The van der Waals surface area contributed by atoms with Crippen LogP contribution in [0.4, 0.5) is 4.79 Å². The van der Waals surface area contributed by atoms with E-state index >= 15 is 0 Å². The number of amides is 2. The number of β-lactam (4-membered cyclic amide) rings is 1. The zero-order valence-corrected chi connectivity index (χ0v) is 23.5. The van der Waals surface area contributed by atoms with Gasteiger partial charge >= 0.3 is 12.1 Å². The Bertz CT molecular complexity index is 1190. The highest BCUT2D eigenvalue weighted by Gasteiger charge is 2.62. The van der Waals surface area contributed by atoms with Crippen LogP contribution in [0.1, 0.15) is 44.7 Å². The lowest BCUT2D eigenvalue weighted by molar-refractivity contribution is -0.172. The van der Waals surface area contributed by atoms with Crippen LogP contribution in [0.25, 0.3) is 0 Å². The van der Waals surface area contributed by atoms with Crippen molar-refractivity contribution in [3.63, 3.8) is 0 Å². The first kappa shape index (κ1) is 28.0. The first-order valence-electron chi connectivity index (χ1n) is 12.5. The van der Waals surface area contributed by atoms with Crippen molar-refractivity contribution >= 4 is 41.2 Å². The summed E-state index contributed by atoms with van der Waals surface area (Å²) in [5.74, 6) is -0.158. The van der Waals surface area contributed by atoms with Gasteiger partial charge in [-0.3, -0.25) is 9.69 Å². The van der Waals surface area contributed by atoms with Crippen LogP contribution in [-0.4, -0.2) is 65.2 Å². The Morgan fingerprint density at radius 3 is 2.32 bits per heavy atom. The Morgan fingerprint density at radius 1 is 1.08 bits per heavy atom. The second-order valence-corrected chi connectivity index (χ2v) is 11.4. The van der Waals surface area contributed by atoms with E-state index in [9.17, 15) is 14.4 Å². The van der Waals surface area contributed by atoms with Crippen LogP contribution in [0.2, 0.25) is 10.0 Å². The van der Waals surface area contributed by atoms with E-state index in [2.05, 4.69) is 0 Å². The normalized spacial score (nSPS) is 19.8. The lowest BCUT2D eigenvalue weighted by Gasteiger charge is -2.52. The number of nitrogens with zero attached hydrogens (tertiary/aromatic N) is 2. The molecule has 4 rings (SSSR count). The summed E-state index contributed by atoms with van der Waals surface area (Å²) in [6.07, 6.45) is 0.989. The topological polar surface area (TPSA) is 85.4 Å². The molecular weight excluding hydrogens is 531 g/mol. The predicted molar refractivity (Wildman–Crippen MR) is 143 cm³/mol. The summed E-state index contributed by atoms with van der Waals surface area (Å²) >= 11 is 12.4. The smallest absolute Gasteiger partial charge is 0.411 e. The molecule has 2 atom stereocenters. The molecule has 0 unspecified atom stereocenters. The molecule has 1 spiro atoms. The van der Waals surface area contributed by atoms with Crippen molar-refractivity contribution in [3.8, 4) is 5.75 Å². The fourth-order valence-electron chi connectivity index (χ4n) is 4.93. The number of halogens is 2. The van der Waals surface area contributed by atoms with Gasteiger partial charge in [0, 0.05) is 28.6 Å². The molecule has 204 valence electrons. The van der Waals surface area contributed by atoms with Gasteiger partial charge in [0.1, 0.15) is 29.5 Å². The Kier molecular flexibility index (Phi) is 8.14. The van der Waals surface area contributed by atoms with Gasteiger partial charge in [0.25, 0.3) is 5.91 Å². The zero-order chi connectivity index (χ0) is 27.7. The summed E-state index contributed by atoms with van der Waals surface area (Å²) in [6.45, 7) is 6.28. The summed E-state index contributed by atoms with van der Waals surface area (Å²) < 4.78 is 16.4. The van der Waals surface area contributed by atoms with E-state index in [1.54, 1.807) is 51.1 Å². The minimum absolute atomic E-state index is 0.209. The van der Waals surface area contributed by atoms with Crippen molar-refractivity contribution in [2.75, 3.05) is 20.2 Å². The monoisotopic (exact) mass is 562 g/mol. The van der Waals surface area contributed by atoms with Crippen molar-refractivity contribution in [1.82, 2.24) is 9.80 Å². The Balaban J connectivity index is 1.43. The van der Waals surface area contributed by atoms with Gasteiger partial charge in [-0.2, -0.15) is 0 Å². The second kappa shape index (κ2) is 11.0. The third-order valence-electron chi connectivity index (χ3n) is 6.84. The number of ether oxygens (including phenoxy) is 3. The first-order chi connectivity index (χ1) is 17.9. The Morgan fingerprint density at radius 2 is 1.74 bits per heavy atom. The maximum atomic E-state index is 13.5. The molecule has 0 aromatic heterocycles. The third kappa shape index (κ3) is 5.71. The number of methoxy groups -OCH3 is 1. The molecule has 0 saturated carbocycles. The molecular formula is C28H32Cl2N2O6. The van der Waals surface area contributed by atoms with E-state index in [-0.39, 0.29) is 25.5 Å². The van der Waals surface area contributed by atoms with Crippen LogP contribution >= 0.6 is 23.2 Å². The van der Waals surface area contributed by atoms with E-state index in [0.717, 1.165) is 5.56 Å². The minimum atomic E-state index is -0.966. The SMILES string of the molecule is COC(=O)[C@H](Cc1ccc(OCc2c(Cl)cccc2Cl)cc1)N1C[C@]2(CCCN2C(=O)OC(C)(C)C)C1=O. The van der Waals surface area contributed by atoms with Gasteiger partial charge in [0.2, 0.25) is 0 Å². The van der Waals surface area contributed by atoms with Crippen molar-refractivity contribution in [2.24, 2.45) is 0 Å². The highest BCUT2D eigenvalue weighted by molar-refractivity contribution is 6.35. The van der Waals surface area contributed by atoms with Crippen LogP contribution < -0.4 is 4.74 Å². The minimum Gasteiger partial charge on any atom is -0.489 e. The average molecular weight is 563 g/mol. The van der Waals surface area contributed by atoms with E-state index in [1.807, 2.05) is 12.1 Å². The third-order valence-corrected chi connectivity index (χ3v) is 7.55. The molecule has 38 heavy (non-hydrogen) atoms. The quantitative estimate of drug-likeness (QED) is 0.337. The van der Waals surface area contributed by atoms with Crippen LogP contribution in [0.15, 0.2) is 42.5 Å². The molecule has 0 radical (unpaired) electrons. The molecule has 2 fully saturated rings. The molecule has 2 heterocycles. The van der Waals surface area contributed by atoms with Gasteiger partial charge in [-0.15, -0.1) is 0 Å². The molecule has 0 aliphatic carbocycles. The highest BCUT2D eigenvalue weighted by Crippen LogP contribution is 2.41. The fraction of sp³-hybridized carbons (Fsp3) is 0.464. The molecule has 10 heteroatoms. The van der Waals surface area contributed by atoms with Crippen LogP contribution in [-0.2, 0) is 32.1 Å². The number of carbonyl (C=O) groups excluding carboxylic acids is 3. The van der Waals surface area contributed by atoms with E-state index in [0.29, 0.717) is 40.7 Å². The summed E-state index contributed by atoms with van der Waals surface area (Å²) in [4.78, 5) is 42.0. The van der Waals surface area contributed by atoms with Crippen LogP contribution in [0.3, 0.4) is 0 Å². The van der Waals surface area contributed by atoms with Gasteiger partial charge in [-0.25, -0.2) is 9.59 Å². The lowest BCUT2D eigenvalue weighted by atomic mass is 9.83. The number of benzene rings is 2. The molecule has 0 bridgehead atoms. The van der Waals surface area contributed by atoms with Crippen LogP contribution in [0.5, 0.6) is 5.75 Å². The molecule has 0 N–H and O–H groups in total. The van der Waals surface area contributed by atoms with Gasteiger partial charge in [0.15, 0.2) is 0 Å². The zero-order valence-electron chi connectivity index (χ0n) is 22.0.